The summed E-state index contributed by atoms with van der Waals surface area (Å²) in [5.41, 5.74) is 5.60. The summed E-state index contributed by atoms with van der Waals surface area (Å²) in [6.07, 6.45) is 9.64. The van der Waals surface area contributed by atoms with E-state index in [4.69, 9.17) is 0 Å². The first-order chi connectivity index (χ1) is 11.7. The molecule has 24 heavy (non-hydrogen) atoms. The van der Waals surface area contributed by atoms with Gasteiger partial charge < -0.3 is 0 Å². The molecule has 2 unspecified atom stereocenters. The van der Waals surface area contributed by atoms with Crippen LogP contribution in [0, 0.1) is 11.3 Å². The Kier molecular flexibility index (Phi) is 3.04. The van der Waals surface area contributed by atoms with E-state index in [-0.39, 0.29) is 5.41 Å². The largest absolute Gasteiger partial charge is 0.299 e. The van der Waals surface area contributed by atoms with Crippen LogP contribution in [0.3, 0.4) is 0 Å². The third-order valence-corrected chi connectivity index (χ3v) is 6.70. The lowest BCUT2D eigenvalue weighted by molar-refractivity contribution is -0.131. The van der Waals surface area contributed by atoms with Crippen LogP contribution >= 0.6 is 0 Å². The predicted octanol–water partition coefficient (Wildman–Crippen LogP) is 5.19. The maximum atomic E-state index is 13.0. The SMILES string of the molecule is CCCc1ccc2cc3c(cc2c1)CC(=O)C1(CC2=CCC1C2)C3. The number of benzene rings is 2. The molecule has 0 aliphatic heterocycles. The molecule has 3 aliphatic rings. The monoisotopic (exact) mass is 316 g/mol. The lowest BCUT2D eigenvalue weighted by atomic mass is 9.63. The molecule has 2 aromatic rings. The molecule has 1 fully saturated rings. The van der Waals surface area contributed by atoms with Gasteiger partial charge in [0.1, 0.15) is 5.78 Å². The van der Waals surface area contributed by atoms with Crippen LogP contribution in [0.25, 0.3) is 10.8 Å². The second-order valence-electron chi connectivity index (χ2n) is 8.16. The summed E-state index contributed by atoms with van der Waals surface area (Å²) >= 11 is 0. The van der Waals surface area contributed by atoms with Crippen molar-refractivity contribution in [3.05, 3.63) is 58.7 Å². The fourth-order valence-corrected chi connectivity index (χ4v) is 5.44. The highest BCUT2D eigenvalue weighted by atomic mass is 16.1. The molecule has 0 heterocycles. The van der Waals surface area contributed by atoms with Gasteiger partial charge in [-0.25, -0.2) is 0 Å². The van der Waals surface area contributed by atoms with Crippen molar-refractivity contribution in [1.82, 2.24) is 0 Å². The Hall–Kier alpha value is -1.89. The number of carbonyl (C=O) groups is 1. The fourth-order valence-electron chi connectivity index (χ4n) is 5.44. The van der Waals surface area contributed by atoms with Gasteiger partial charge >= 0.3 is 0 Å². The third-order valence-electron chi connectivity index (χ3n) is 6.70. The van der Waals surface area contributed by atoms with Crippen molar-refractivity contribution in [2.45, 2.75) is 51.9 Å². The van der Waals surface area contributed by atoms with Crippen LogP contribution in [0.2, 0.25) is 0 Å². The lowest BCUT2D eigenvalue weighted by Gasteiger charge is -2.39. The highest BCUT2D eigenvalue weighted by Gasteiger charge is 2.53. The van der Waals surface area contributed by atoms with Gasteiger partial charge in [0.25, 0.3) is 0 Å². The summed E-state index contributed by atoms with van der Waals surface area (Å²) in [5, 5.41) is 2.64. The molecule has 1 saturated carbocycles. The van der Waals surface area contributed by atoms with Crippen molar-refractivity contribution in [3.63, 3.8) is 0 Å². The Morgan fingerprint density at radius 3 is 2.71 bits per heavy atom. The number of carbonyl (C=O) groups excluding carboxylic acids is 1. The summed E-state index contributed by atoms with van der Waals surface area (Å²) in [5.74, 6) is 1.09. The average molecular weight is 316 g/mol. The summed E-state index contributed by atoms with van der Waals surface area (Å²) in [6.45, 7) is 2.22. The zero-order chi connectivity index (χ0) is 16.3. The van der Waals surface area contributed by atoms with Gasteiger partial charge in [-0.15, -0.1) is 0 Å². The topological polar surface area (TPSA) is 17.1 Å². The summed E-state index contributed by atoms with van der Waals surface area (Å²) in [7, 11) is 0. The van der Waals surface area contributed by atoms with E-state index >= 15 is 0 Å². The van der Waals surface area contributed by atoms with Crippen LogP contribution in [-0.2, 0) is 24.1 Å². The van der Waals surface area contributed by atoms with Crippen LogP contribution in [0.15, 0.2) is 42.0 Å². The molecule has 0 N–H and O–H groups in total. The third kappa shape index (κ3) is 1.97. The number of allylic oxidation sites excluding steroid dienone is 2. The Bertz CT molecular complexity index is 888. The quantitative estimate of drug-likeness (QED) is 0.697. The Morgan fingerprint density at radius 2 is 1.96 bits per heavy atom. The van der Waals surface area contributed by atoms with Crippen molar-refractivity contribution >= 4 is 16.6 Å². The Morgan fingerprint density at radius 1 is 1.08 bits per heavy atom. The van der Waals surface area contributed by atoms with Gasteiger partial charge in [-0.1, -0.05) is 55.3 Å². The van der Waals surface area contributed by atoms with Crippen molar-refractivity contribution < 1.29 is 4.79 Å². The number of aryl methyl sites for hydroxylation is 1. The van der Waals surface area contributed by atoms with Gasteiger partial charge in [0.15, 0.2) is 0 Å². The molecule has 5 rings (SSSR count). The molecule has 0 radical (unpaired) electrons. The Labute approximate surface area is 143 Å². The van der Waals surface area contributed by atoms with Crippen molar-refractivity contribution in [3.8, 4) is 0 Å². The Balaban J connectivity index is 1.58. The second kappa shape index (κ2) is 5.05. The molecule has 0 saturated heterocycles. The first-order valence-electron chi connectivity index (χ1n) is 9.43. The van der Waals surface area contributed by atoms with Crippen LogP contribution in [-0.4, -0.2) is 5.78 Å². The summed E-state index contributed by atoms with van der Waals surface area (Å²) in [6, 6.07) is 11.5. The first-order valence-corrected chi connectivity index (χ1v) is 9.43. The second-order valence-corrected chi connectivity index (χ2v) is 8.16. The lowest BCUT2D eigenvalue weighted by Crippen LogP contribution is -2.42. The first kappa shape index (κ1) is 14.5. The van der Waals surface area contributed by atoms with E-state index in [9.17, 15) is 4.79 Å². The van der Waals surface area contributed by atoms with Gasteiger partial charge in [-0.2, -0.15) is 0 Å². The molecular weight excluding hydrogens is 292 g/mol. The average Bonchev–Trinajstić information content (AvgIpc) is 3.16. The van der Waals surface area contributed by atoms with Gasteiger partial charge in [0.05, 0.1) is 0 Å². The molecule has 122 valence electrons. The minimum Gasteiger partial charge on any atom is -0.299 e. The summed E-state index contributed by atoms with van der Waals surface area (Å²) < 4.78 is 0. The fraction of sp³-hybridized carbons (Fsp3) is 0.435. The van der Waals surface area contributed by atoms with Gasteiger partial charge in [-0.3, -0.25) is 4.79 Å². The van der Waals surface area contributed by atoms with E-state index in [2.05, 4.69) is 43.3 Å². The number of hydrogen-bond acceptors (Lipinski definition) is 1. The number of fused-ring (bicyclic) bond motifs is 5. The number of Topliss-reactive ketones (excluding diaryl/α,β-unsaturated/α-hetero) is 1. The molecule has 2 aromatic carbocycles. The number of ketones is 1. The van der Waals surface area contributed by atoms with E-state index in [1.807, 2.05) is 0 Å². The van der Waals surface area contributed by atoms with E-state index in [0.717, 1.165) is 25.7 Å². The van der Waals surface area contributed by atoms with E-state index in [1.54, 1.807) is 5.57 Å². The molecule has 0 aromatic heterocycles. The van der Waals surface area contributed by atoms with Crippen LogP contribution in [0.5, 0.6) is 0 Å². The molecule has 1 nitrogen and oxygen atoms in total. The predicted molar refractivity (Wildman–Crippen MR) is 98.2 cm³/mol. The number of hydrogen-bond donors (Lipinski definition) is 0. The van der Waals surface area contributed by atoms with Crippen molar-refractivity contribution in [2.75, 3.05) is 0 Å². The molecule has 2 atom stereocenters. The molecular formula is C23H24O. The van der Waals surface area contributed by atoms with E-state index in [0.29, 0.717) is 18.1 Å². The molecule has 2 bridgehead atoms. The van der Waals surface area contributed by atoms with Crippen LogP contribution in [0.4, 0.5) is 0 Å². The minimum absolute atomic E-state index is 0.0626. The van der Waals surface area contributed by atoms with Crippen LogP contribution < -0.4 is 0 Å². The number of rotatable bonds is 2. The van der Waals surface area contributed by atoms with Gasteiger partial charge in [0, 0.05) is 11.8 Å². The zero-order valence-corrected chi connectivity index (χ0v) is 14.4. The van der Waals surface area contributed by atoms with E-state index < -0.39 is 0 Å². The molecule has 0 amide bonds. The van der Waals surface area contributed by atoms with Crippen molar-refractivity contribution in [2.24, 2.45) is 11.3 Å². The highest BCUT2D eigenvalue weighted by Crippen LogP contribution is 2.57. The van der Waals surface area contributed by atoms with Gasteiger partial charge in [-0.05, 0) is 65.5 Å². The van der Waals surface area contributed by atoms with Crippen molar-refractivity contribution in [1.29, 1.82) is 0 Å². The maximum absolute atomic E-state index is 13.0. The minimum atomic E-state index is -0.0626. The normalized spacial score (nSPS) is 27.8. The van der Waals surface area contributed by atoms with E-state index in [1.165, 1.54) is 40.3 Å². The summed E-state index contributed by atoms with van der Waals surface area (Å²) in [4.78, 5) is 13.0. The standard InChI is InChI=1S/C23H24O/c1-2-3-15-4-6-17-10-20-14-23(13-16-5-7-21(23)9-16)22(24)12-19(20)11-18(17)8-15/h4-6,8,10-11,21H,2-3,7,9,12-14H2,1H3. The maximum Gasteiger partial charge on any atom is 0.144 e. The molecule has 3 aliphatic carbocycles. The molecule has 1 spiro atoms. The smallest absolute Gasteiger partial charge is 0.144 e. The van der Waals surface area contributed by atoms with Crippen LogP contribution in [0.1, 0.15) is 49.3 Å². The molecule has 1 heteroatoms. The zero-order valence-electron chi connectivity index (χ0n) is 14.4. The van der Waals surface area contributed by atoms with Gasteiger partial charge in [0.2, 0.25) is 0 Å². The highest BCUT2D eigenvalue weighted by molar-refractivity contribution is 5.93.